The molecule has 1 aliphatic heterocycles. The average molecular weight is 367 g/mol. The molecule has 1 heterocycles. The van der Waals surface area contributed by atoms with Crippen LogP contribution in [0.15, 0.2) is 28.2 Å². The number of benzene rings is 1. The molecule has 1 aliphatic rings. The number of methoxy groups -OCH3 is 1. The van der Waals surface area contributed by atoms with E-state index in [1.54, 1.807) is 7.11 Å². The highest BCUT2D eigenvalue weighted by atomic mass is 79.9. The van der Waals surface area contributed by atoms with Crippen LogP contribution in [0.2, 0.25) is 0 Å². The van der Waals surface area contributed by atoms with Crippen LogP contribution < -0.4 is 0 Å². The Morgan fingerprint density at radius 3 is 2.59 bits per heavy atom. The zero-order chi connectivity index (χ0) is 16.5. The molecule has 0 aromatic heterocycles. The lowest BCUT2D eigenvalue weighted by molar-refractivity contribution is -0.136. The molecule has 0 aliphatic carbocycles. The molecule has 3 nitrogen and oxygen atoms in total. The molecule has 1 fully saturated rings. The Hall–Kier alpha value is -0.970. The summed E-state index contributed by atoms with van der Waals surface area (Å²) in [6.07, 6.45) is 2.86. The summed E-state index contributed by atoms with van der Waals surface area (Å²) in [7, 11) is 1.62. The summed E-state index contributed by atoms with van der Waals surface area (Å²) in [5.41, 5.74) is 1.39. The smallest absolute Gasteiger partial charge is 0.193 e. The summed E-state index contributed by atoms with van der Waals surface area (Å²) in [6.45, 7) is 8.00. The van der Waals surface area contributed by atoms with E-state index in [1.165, 1.54) is 5.56 Å². The molecule has 0 spiro atoms. The van der Waals surface area contributed by atoms with E-state index in [-0.39, 0.29) is 5.78 Å². The third-order valence-corrected chi connectivity index (χ3v) is 4.54. The number of rotatable bonds is 4. The van der Waals surface area contributed by atoms with Gasteiger partial charge >= 0.3 is 0 Å². The molecule has 2 rings (SSSR count). The van der Waals surface area contributed by atoms with Crippen LogP contribution in [0.4, 0.5) is 0 Å². The van der Waals surface area contributed by atoms with E-state index in [2.05, 4.69) is 28.9 Å². The second-order valence-corrected chi connectivity index (χ2v) is 7.28. The van der Waals surface area contributed by atoms with E-state index in [4.69, 9.17) is 9.47 Å². The normalized spacial score (nSPS) is 25.9. The Balaban J connectivity index is 2.54. The monoisotopic (exact) mass is 366 g/mol. The van der Waals surface area contributed by atoms with Crippen LogP contribution >= 0.6 is 15.9 Å². The van der Waals surface area contributed by atoms with Crippen molar-refractivity contribution >= 4 is 27.8 Å². The van der Waals surface area contributed by atoms with E-state index in [9.17, 15) is 4.79 Å². The minimum atomic E-state index is -0.819. The molecule has 1 aromatic rings. The van der Waals surface area contributed by atoms with Crippen molar-refractivity contribution in [2.45, 2.75) is 45.3 Å². The van der Waals surface area contributed by atoms with Crippen LogP contribution in [0.25, 0.3) is 6.08 Å². The molecule has 0 radical (unpaired) electrons. The second kappa shape index (κ2) is 6.26. The molecular formula is C18H23BrO3. The third kappa shape index (κ3) is 3.19. The van der Waals surface area contributed by atoms with Crippen molar-refractivity contribution in [3.8, 4) is 0 Å². The van der Waals surface area contributed by atoms with E-state index in [0.717, 1.165) is 16.5 Å². The van der Waals surface area contributed by atoms with E-state index < -0.39 is 11.2 Å². The second-order valence-electron chi connectivity index (χ2n) is 6.36. The maximum atomic E-state index is 12.7. The lowest BCUT2D eigenvalue weighted by atomic mass is 9.89. The number of carbonyl (C=O) groups is 1. The first kappa shape index (κ1) is 17.4. The van der Waals surface area contributed by atoms with Crippen molar-refractivity contribution in [3.63, 3.8) is 0 Å². The van der Waals surface area contributed by atoms with E-state index in [1.807, 2.05) is 39.0 Å². The maximum Gasteiger partial charge on any atom is 0.193 e. The van der Waals surface area contributed by atoms with Gasteiger partial charge in [0.25, 0.3) is 0 Å². The number of halogens is 1. The van der Waals surface area contributed by atoms with Gasteiger partial charge in [-0.2, -0.15) is 0 Å². The molecule has 4 heteroatoms. The predicted octanol–water partition coefficient (Wildman–Crippen LogP) is 4.18. The lowest BCUT2D eigenvalue weighted by Gasteiger charge is -2.26. The van der Waals surface area contributed by atoms with Crippen LogP contribution in [0, 0.1) is 0 Å². The summed E-state index contributed by atoms with van der Waals surface area (Å²) in [6, 6.07) is 6.11. The van der Waals surface area contributed by atoms with Gasteiger partial charge in [-0.25, -0.2) is 0 Å². The molecule has 0 bridgehead atoms. The fraction of sp³-hybridized carbons (Fsp3) is 0.500. The number of Topliss-reactive ketones (excluding diaryl/α,β-unsaturated/α-hetero) is 1. The van der Waals surface area contributed by atoms with Crippen molar-refractivity contribution in [1.29, 1.82) is 0 Å². The van der Waals surface area contributed by atoms with Crippen LogP contribution in [0.5, 0.6) is 0 Å². The Morgan fingerprint density at radius 2 is 2.00 bits per heavy atom. The van der Waals surface area contributed by atoms with Gasteiger partial charge in [-0.15, -0.1) is 0 Å². The highest BCUT2D eigenvalue weighted by molar-refractivity contribution is 9.10. The lowest BCUT2D eigenvalue weighted by Crippen LogP contribution is -2.34. The molecule has 0 amide bonds. The number of ether oxygens (including phenoxy) is 2. The molecule has 0 saturated carbocycles. The molecule has 1 saturated heterocycles. The van der Waals surface area contributed by atoms with Crippen LogP contribution in [0.1, 0.15) is 38.8 Å². The summed E-state index contributed by atoms with van der Waals surface area (Å²) in [5, 5.41) is 0. The maximum absolute atomic E-state index is 12.7. The van der Waals surface area contributed by atoms with E-state index in [0.29, 0.717) is 12.2 Å². The van der Waals surface area contributed by atoms with Crippen molar-refractivity contribution in [3.05, 3.63) is 39.4 Å². The van der Waals surface area contributed by atoms with Gasteiger partial charge in [0.1, 0.15) is 11.2 Å². The number of hydrogen-bond acceptors (Lipinski definition) is 3. The SMILES string of the molecule is CCc1cc(Br)ccc1/C=C1/C(=O)C(C)(C)OC1(C)COC. The van der Waals surface area contributed by atoms with Crippen LogP contribution in [-0.4, -0.2) is 30.7 Å². The van der Waals surface area contributed by atoms with Gasteiger partial charge in [0.2, 0.25) is 0 Å². The van der Waals surface area contributed by atoms with Gasteiger partial charge < -0.3 is 9.47 Å². The number of aryl methyl sites for hydroxylation is 1. The standard InChI is InChI=1S/C18H23BrO3/c1-6-12-9-14(19)8-7-13(12)10-15-16(20)17(2,3)22-18(15,4)11-21-5/h7-10H,6,11H2,1-5H3/b15-10-. The zero-order valence-corrected chi connectivity index (χ0v) is 15.4. The molecular weight excluding hydrogens is 344 g/mol. The first-order valence-electron chi connectivity index (χ1n) is 7.48. The van der Waals surface area contributed by atoms with Gasteiger partial charge in [-0.1, -0.05) is 28.9 Å². The van der Waals surface area contributed by atoms with Crippen molar-refractivity contribution in [1.82, 2.24) is 0 Å². The number of ketones is 1. The highest BCUT2D eigenvalue weighted by Gasteiger charge is 2.52. The first-order valence-corrected chi connectivity index (χ1v) is 8.27. The summed E-state index contributed by atoms with van der Waals surface area (Å²) >= 11 is 3.49. The molecule has 1 aromatic carbocycles. The van der Waals surface area contributed by atoms with Crippen LogP contribution in [-0.2, 0) is 20.7 Å². The van der Waals surface area contributed by atoms with Gasteiger partial charge in [0.05, 0.1) is 6.61 Å². The van der Waals surface area contributed by atoms with Gasteiger partial charge in [0.15, 0.2) is 5.78 Å². The Kier molecular flexibility index (Phi) is 4.95. The Bertz CT molecular complexity index is 619. The van der Waals surface area contributed by atoms with Crippen molar-refractivity contribution in [2.75, 3.05) is 13.7 Å². The largest absolute Gasteiger partial charge is 0.381 e. The number of hydrogen-bond donors (Lipinski definition) is 0. The minimum Gasteiger partial charge on any atom is -0.381 e. The molecule has 0 N–H and O–H groups in total. The predicted molar refractivity (Wildman–Crippen MR) is 91.9 cm³/mol. The van der Waals surface area contributed by atoms with Gasteiger partial charge in [-0.05, 0) is 56.5 Å². The molecule has 120 valence electrons. The molecule has 1 unspecified atom stereocenters. The van der Waals surface area contributed by atoms with Crippen molar-refractivity contribution in [2.24, 2.45) is 0 Å². The fourth-order valence-electron chi connectivity index (χ4n) is 3.01. The van der Waals surface area contributed by atoms with Gasteiger partial charge in [-0.3, -0.25) is 4.79 Å². The molecule has 22 heavy (non-hydrogen) atoms. The summed E-state index contributed by atoms with van der Waals surface area (Å²) in [4.78, 5) is 12.7. The first-order chi connectivity index (χ1) is 10.2. The summed E-state index contributed by atoms with van der Waals surface area (Å²) in [5.74, 6) is 0.0250. The van der Waals surface area contributed by atoms with E-state index >= 15 is 0 Å². The third-order valence-electron chi connectivity index (χ3n) is 4.05. The topological polar surface area (TPSA) is 35.5 Å². The Labute approximate surface area is 140 Å². The number of carbonyl (C=O) groups excluding carboxylic acids is 1. The molecule has 1 atom stereocenters. The quantitative estimate of drug-likeness (QED) is 0.749. The minimum absolute atomic E-state index is 0.0250. The highest BCUT2D eigenvalue weighted by Crippen LogP contribution is 2.40. The zero-order valence-electron chi connectivity index (χ0n) is 13.8. The Morgan fingerprint density at radius 1 is 1.32 bits per heavy atom. The fourth-order valence-corrected chi connectivity index (χ4v) is 3.42. The van der Waals surface area contributed by atoms with Crippen LogP contribution in [0.3, 0.4) is 0 Å². The van der Waals surface area contributed by atoms with Gasteiger partial charge in [0, 0.05) is 17.2 Å². The average Bonchev–Trinajstić information content (AvgIpc) is 2.60. The summed E-state index contributed by atoms with van der Waals surface area (Å²) < 4.78 is 12.3. The van der Waals surface area contributed by atoms with Crippen molar-refractivity contribution < 1.29 is 14.3 Å².